The lowest BCUT2D eigenvalue weighted by atomic mass is 9.80. The van der Waals surface area contributed by atoms with E-state index in [0.717, 1.165) is 28.0 Å². The fourth-order valence-corrected chi connectivity index (χ4v) is 4.66. The van der Waals surface area contributed by atoms with Crippen LogP contribution in [0.3, 0.4) is 0 Å². The zero-order valence-electron chi connectivity index (χ0n) is 26.6. The van der Waals surface area contributed by atoms with E-state index in [4.69, 9.17) is 30.0 Å². The first-order chi connectivity index (χ1) is 24.2. The first-order valence-corrected chi connectivity index (χ1v) is 16.0. The van der Waals surface area contributed by atoms with Crippen LogP contribution in [0.25, 0.3) is 11.1 Å². The number of benzene rings is 6. The summed E-state index contributed by atoms with van der Waals surface area (Å²) in [6.45, 7) is 1.01. The van der Waals surface area contributed by atoms with E-state index < -0.39 is 18.8 Å². The maximum Gasteiger partial charge on any atom is 0.488 e. The molecule has 0 radical (unpaired) electrons. The number of halogens is 3. The Kier molecular flexibility index (Phi) is 14.3. The van der Waals surface area contributed by atoms with Gasteiger partial charge >= 0.3 is 7.12 Å². The maximum atomic E-state index is 13.7. The molecule has 0 saturated heterocycles. The topological polar surface area (TPSA) is 106 Å². The second-order valence-corrected chi connectivity index (χ2v) is 11.5. The van der Waals surface area contributed by atoms with E-state index in [-0.39, 0.29) is 11.1 Å². The normalized spacial score (nSPS) is 9.82. The van der Waals surface area contributed by atoms with Crippen molar-refractivity contribution in [3.8, 4) is 34.8 Å². The van der Waals surface area contributed by atoms with Crippen molar-refractivity contribution in [1.82, 2.24) is 0 Å². The first-order valence-electron chi connectivity index (χ1n) is 15.2. The molecule has 0 aliphatic carbocycles. The van der Waals surface area contributed by atoms with E-state index in [1.807, 2.05) is 91.0 Å². The van der Waals surface area contributed by atoms with Crippen molar-refractivity contribution in [2.75, 3.05) is 0 Å². The molecule has 0 heterocycles. The van der Waals surface area contributed by atoms with E-state index in [1.165, 1.54) is 24.3 Å². The Morgan fingerprint density at radius 1 is 0.560 bits per heavy atom. The lowest BCUT2D eigenvalue weighted by Crippen LogP contribution is -2.29. The Balaban J connectivity index is 0.000000182. The van der Waals surface area contributed by atoms with Gasteiger partial charge in [0.15, 0.2) is 0 Å². The molecular weight excluding hydrogens is 701 g/mol. The van der Waals surface area contributed by atoms with E-state index in [0.29, 0.717) is 28.9 Å². The molecule has 6 aromatic carbocycles. The SMILES string of the molecule is N#Cc1ccc(-c2ccc(OCc3ccccc3)cc2)cc1F.N#Cc1ccc(Br)cc1F.OB(O)c1ccc(OCc2ccccc2)cc1. The fraction of sp³-hybridized carbons (Fsp3) is 0.0500. The number of hydrogen-bond donors (Lipinski definition) is 2. The van der Waals surface area contributed by atoms with Gasteiger partial charge in [0.05, 0.1) is 11.1 Å². The molecule has 0 spiro atoms. The molecule has 2 N–H and O–H groups in total. The number of ether oxygens (including phenoxy) is 2. The summed E-state index contributed by atoms with van der Waals surface area (Å²) < 4.78 is 38.2. The molecule has 0 amide bonds. The molecule has 6 aromatic rings. The average Bonchev–Trinajstić information content (AvgIpc) is 3.15. The average molecular weight is 731 g/mol. The quantitative estimate of drug-likeness (QED) is 0.153. The van der Waals surface area contributed by atoms with Crippen molar-refractivity contribution in [2.24, 2.45) is 0 Å². The number of nitriles is 2. The highest BCUT2D eigenvalue weighted by Gasteiger charge is 2.10. The predicted molar refractivity (Wildman–Crippen MR) is 193 cm³/mol. The van der Waals surface area contributed by atoms with Gasteiger partial charge in [-0.2, -0.15) is 10.5 Å². The third-order valence-electron chi connectivity index (χ3n) is 7.00. The lowest BCUT2D eigenvalue weighted by molar-refractivity contribution is 0.306. The smallest absolute Gasteiger partial charge is 0.488 e. The van der Waals surface area contributed by atoms with E-state index >= 15 is 0 Å². The summed E-state index contributed by atoms with van der Waals surface area (Å²) >= 11 is 3.08. The van der Waals surface area contributed by atoms with Gasteiger partial charge in [0, 0.05) is 4.47 Å². The highest BCUT2D eigenvalue weighted by Crippen LogP contribution is 2.25. The lowest BCUT2D eigenvalue weighted by Gasteiger charge is -2.08. The van der Waals surface area contributed by atoms with Crippen LogP contribution in [0.5, 0.6) is 11.5 Å². The minimum absolute atomic E-state index is 0.0524. The Hall–Kier alpha value is -5.78. The van der Waals surface area contributed by atoms with Crippen molar-refractivity contribution in [3.63, 3.8) is 0 Å². The Morgan fingerprint density at radius 3 is 1.44 bits per heavy atom. The minimum Gasteiger partial charge on any atom is -0.489 e. The van der Waals surface area contributed by atoms with Gasteiger partial charge in [0.25, 0.3) is 0 Å². The van der Waals surface area contributed by atoms with E-state index in [2.05, 4.69) is 15.9 Å². The highest BCUT2D eigenvalue weighted by molar-refractivity contribution is 9.10. The molecule has 0 fully saturated rings. The summed E-state index contributed by atoms with van der Waals surface area (Å²) in [5, 5.41) is 34.9. The molecule has 6 rings (SSSR count). The molecule has 0 unspecified atom stereocenters. The van der Waals surface area contributed by atoms with Gasteiger partial charge in [0.2, 0.25) is 0 Å². The summed E-state index contributed by atoms with van der Waals surface area (Å²) in [6, 6.07) is 46.4. The minimum atomic E-state index is -1.43. The molecule has 0 saturated carbocycles. The Bertz CT molecular complexity index is 2040. The van der Waals surface area contributed by atoms with Crippen LogP contribution in [0.15, 0.2) is 150 Å². The van der Waals surface area contributed by atoms with Crippen LogP contribution in [0.1, 0.15) is 22.3 Å². The van der Waals surface area contributed by atoms with E-state index in [9.17, 15) is 8.78 Å². The summed E-state index contributed by atoms with van der Waals surface area (Å²) in [4.78, 5) is 0. The third-order valence-corrected chi connectivity index (χ3v) is 7.50. The van der Waals surface area contributed by atoms with Gasteiger partial charge in [-0.15, -0.1) is 0 Å². The molecular formula is C40H30BBrF2N2O4. The number of rotatable bonds is 8. The monoisotopic (exact) mass is 730 g/mol. The van der Waals surface area contributed by atoms with Gasteiger partial charge in [0.1, 0.15) is 48.5 Å². The third kappa shape index (κ3) is 11.7. The number of nitrogens with zero attached hydrogens (tertiary/aromatic N) is 2. The van der Waals surface area contributed by atoms with Crippen LogP contribution in [-0.2, 0) is 13.2 Å². The van der Waals surface area contributed by atoms with E-state index in [1.54, 1.807) is 42.5 Å². The molecule has 0 aliphatic heterocycles. The summed E-state index contributed by atoms with van der Waals surface area (Å²) in [5.74, 6) is 0.469. The molecule has 10 heteroatoms. The zero-order valence-corrected chi connectivity index (χ0v) is 28.2. The van der Waals surface area contributed by atoms with Gasteiger partial charge in [-0.3, -0.25) is 0 Å². The summed E-state index contributed by atoms with van der Waals surface area (Å²) in [7, 11) is -1.43. The molecule has 0 bridgehead atoms. The largest absolute Gasteiger partial charge is 0.489 e. The van der Waals surface area contributed by atoms with Gasteiger partial charge in [-0.1, -0.05) is 107 Å². The molecule has 6 nitrogen and oxygen atoms in total. The first kappa shape index (κ1) is 37.1. The van der Waals surface area contributed by atoms with Gasteiger partial charge < -0.3 is 19.5 Å². The summed E-state index contributed by atoms with van der Waals surface area (Å²) in [5.41, 5.74) is 4.39. The predicted octanol–water partition coefficient (Wildman–Crippen LogP) is 8.35. The molecule has 50 heavy (non-hydrogen) atoms. The van der Waals surface area contributed by atoms with Crippen molar-refractivity contribution >= 4 is 28.5 Å². The Morgan fingerprint density at radius 2 is 1.00 bits per heavy atom. The van der Waals surface area contributed by atoms with Crippen LogP contribution >= 0.6 is 15.9 Å². The molecule has 0 aliphatic rings. The zero-order chi connectivity index (χ0) is 35.7. The summed E-state index contributed by atoms with van der Waals surface area (Å²) in [6.07, 6.45) is 0. The van der Waals surface area contributed by atoms with Crippen molar-refractivity contribution in [1.29, 1.82) is 10.5 Å². The molecule has 0 aromatic heterocycles. The van der Waals surface area contributed by atoms with Crippen LogP contribution in [0, 0.1) is 34.3 Å². The second kappa shape index (κ2) is 19.3. The van der Waals surface area contributed by atoms with Crippen molar-refractivity contribution in [2.45, 2.75) is 13.2 Å². The number of hydrogen-bond acceptors (Lipinski definition) is 6. The highest BCUT2D eigenvalue weighted by atomic mass is 79.9. The molecule has 0 atom stereocenters. The van der Waals surface area contributed by atoms with Gasteiger partial charge in [-0.25, -0.2) is 8.78 Å². The van der Waals surface area contributed by atoms with Crippen molar-refractivity contribution < 1.29 is 28.3 Å². The van der Waals surface area contributed by atoms with Crippen LogP contribution in [-0.4, -0.2) is 17.2 Å². The molecule has 248 valence electrons. The van der Waals surface area contributed by atoms with Crippen LogP contribution in [0.2, 0.25) is 0 Å². The maximum absolute atomic E-state index is 13.7. The second-order valence-electron chi connectivity index (χ2n) is 10.6. The Labute approximate surface area is 298 Å². The van der Waals surface area contributed by atoms with Crippen LogP contribution in [0.4, 0.5) is 8.78 Å². The van der Waals surface area contributed by atoms with Crippen LogP contribution < -0.4 is 14.9 Å². The standard InChI is InChI=1S/C20H14FNO.C13H13BO3.C7H3BrFN/c21-20-12-17(6-7-18(20)13-22)16-8-10-19(11-9-16)23-14-15-4-2-1-3-5-15;15-14(16)12-6-8-13(9-7-12)17-10-11-4-2-1-3-5-11;8-6-2-1-5(4-10)7(9)3-6/h1-12H,14H2;1-9,15-16H,10H2;1-3H. The fourth-order valence-electron chi connectivity index (χ4n) is 4.33. The van der Waals surface area contributed by atoms with Gasteiger partial charge in [-0.05, 0) is 82.3 Å². The van der Waals surface area contributed by atoms with Crippen molar-refractivity contribution in [3.05, 3.63) is 184 Å².